The highest BCUT2D eigenvalue weighted by Crippen LogP contribution is 2.39. The van der Waals surface area contributed by atoms with Crippen LogP contribution in [0.15, 0.2) is 12.1 Å². The van der Waals surface area contributed by atoms with E-state index in [1.54, 1.807) is 28.4 Å². The number of carbonyl (C=O) groups is 1. The minimum Gasteiger partial charge on any atom is -0.493 e. The van der Waals surface area contributed by atoms with Crippen LogP contribution in [0, 0.1) is 0 Å². The van der Waals surface area contributed by atoms with Crippen molar-refractivity contribution < 1.29 is 19.0 Å². The third kappa shape index (κ3) is 4.03. The molecule has 0 saturated carbocycles. The second-order valence-corrected chi connectivity index (χ2v) is 4.12. The molecular weight excluding hydrogens is 260 g/mol. The Kier molecular flexibility index (Phi) is 6.66. The zero-order valence-corrected chi connectivity index (χ0v) is 12.4. The smallest absolute Gasteiger partial charge is 0.233 e. The highest BCUT2D eigenvalue weighted by Gasteiger charge is 2.15. The highest BCUT2D eigenvalue weighted by atomic mass is 16.5. The lowest BCUT2D eigenvalue weighted by Gasteiger charge is -2.15. The fourth-order valence-electron chi connectivity index (χ4n) is 1.92. The summed E-state index contributed by atoms with van der Waals surface area (Å²) in [5.74, 6) is 1.78. The fraction of sp³-hybridized carbons (Fsp3) is 0.500. The van der Waals surface area contributed by atoms with Gasteiger partial charge in [0.2, 0.25) is 11.7 Å². The van der Waals surface area contributed by atoms with Crippen molar-refractivity contribution in [3.63, 3.8) is 0 Å². The number of amides is 1. The van der Waals surface area contributed by atoms with Crippen molar-refractivity contribution in [1.29, 1.82) is 0 Å². The van der Waals surface area contributed by atoms with Crippen molar-refractivity contribution in [2.75, 3.05) is 41.5 Å². The van der Waals surface area contributed by atoms with Crippen LogP contribution in [0.4, 0.5) is 0 Å². The van der Waals surface area contributed by atoms with Crippen molar-refractivity contribution >= 4 is 5.91 Å². The number of ether oxygens (including phenoxy) is 3. The Bertz CT molecular complexity index is 449. The van der Waals surface area contributed by atoms with Crippen molar-refractivity contribution in [2.45, 2.75) is 6.42 Å². The summed E-state index contributed by atoms with van der Waals surface area (Å²) in [5, 5.41) is 5.62. The van der Waals surface area contributed by atoms with Crippen LogP contribution >= 0.6 is 0 Å². The van der Waals surface area contributed by atoms with Gasteiger partial charge in [-0.2, -0.15) is 0 Å². The van der Waals surface area contributed by atoms with E-state index in [0.717, 1.165) is 5.56 Å². The lowest BCUT2D eigenvalue weighted by atomic mass is 10.1. The number of methoxy groups -OCH3 is 3. The third-order valence-electron chi connectivity index (χ3n) is 2.84. The predicted molar refractivity (Wildman–Crippen MR) is 76.7 cm³/mol. The minimum absolute atomic E-state index is 0.0352. The van der Waals surface area contributed by atoms with Gasteiger partial charge in [0.15, 0.2) is 11.5 Å². The molecule has 0 aliphatic carbocycles. The summed E-state index contributed by atoms with van der Waals surface area (Å²) in [6, 6.07) is 3.73. The molecule has 0 radical (unpaired) electrons. The zero-order chi connectivity index (χ0) is 15.0. The summed E-state index contributed by atoms with van der Waals surface area (Å²) in [5.41, 5.74) is 0.954. The molecule has 0 atom stereocenters. The summed E-state index contributed by atoms with van der Waals surface area (Å²) in [6.45, 7) is 0.843. The van der Waals surface area contributed by atoms with Gasteiger partial charge in [-0.3, -0.25) is 4.79 Å². The van der Waals surface area contributed by atoms with Crippen LogP contribution in [0.5, 0.6) is 17.2 Å². The van der Waals surface area contributed by atoms with Gasteiger partial charge in [-0.15, -0.1) is 0 Å². The number of nitrogens with one attached hydrogen (secondary N) is 2. The average molecular weight is 282 g/mol. The largest absolute Gasteiger partial charge is 0.493 e. The zero-order valence-electron chi connectivity index (χ0n) is 12.4. The molecule has 0 spiro atoms. The third-order valence-corrected chi connectivity index (χ3v) is 2.84. The van der Waals surface area contributed by atoms with Gasteiger partial charge in [0.05, 0.1) is 27.9 Å². The number of likely N-dealkylation sites (N-methyl/N-ethyl adjacent to an activating group) is 1. The molecule has 20 heavy (non-hydrogen) atoms. The Hall–Kier alpha value is -1.95. The van der Waals surface area contributed by atoms with E-state index < -0.39 is 0 Å². The Labute approximate surface area is 119 Å². The molecule has 1 amide bonds. The van der Waals surface area contributed by atoms with Crippen molar-refractivity contribution in [2.24, 2.45) is 0 Å². The molecule has 0 heterocycles. The van der Waals surface area contributed by atoms with Gasteiger partial charge in [0.25, 0.3) is 0 Å². The predicted octanol–water partition coefficient (Wildman–Crippen LogP) is 0.591. The maximum Gasteiger partial charge on any atom is 0.233 e. The average Bonchev–Trinajstić information content (AvgIpc) is 2.46. The first kappa shape index (κ1) is 16.1. The van der Waals surface area contributed by atoms with E-state index in [1.807, 2.05) is 12.1 Å². The number of hydrogen-bond donors (Lipinski definition) is 2. The van der Waals surface area contributed by atoms with Crippen LogP contribution in [0.25, 0.3) is 0 Å². The minimum atomic E-state index is -0.0352. The highest BCUT2D eigenvalue weighted by molar-refractivity contribution is 5.77. The Morgan fingerprint density at radius 3 is 2.35 bits per heavy atom. The van der Waals surface area contributed by atoms with E-state index in [1.165, 1.54) is 0 Å². The van der Waals surface area contributed by atoms with Crippen molar-refractivity contribution in [1.82, 2.24) is 10.6 Å². The normalized spacial score (nSPS) is 10.0. The van der Waals surface area contributed by atoms with E-state index in [4.69, 9.17) is 14.2 Å². The van der Waals surface area contributed by atoms with Crippen LogP contribution in [-0.4, -0.2) is 47.4 Å². The maximum atomic E-state index is 11.4. The first-order valence-corrected chi connectivity index (χ1v) is 6.37. The molecule has 0 saturated heterocycles. The Morgan fingerprint density at radius 1 is 1.10 bits per heavy atom. The molecule has 1 aromatic carbocycles. The molecule has 0 unspecified atom stereocenters. The van der Waals surface area contributed by atoms with E-state index in [9.17, 15) is 4.79 Å². The van der Waals surface area contributed by atoms with E-state index in [2.05, 4.69) is 10.6 Å². The second-order valence-electron chi connectivity index (χ2n) is 4.12. The molecule has 1 rings (SSSR count). The van der Waals surface area contributed by atoms with Crippen LogP contribution < -0.4 is 24.8 Å². The van der Waals surface area contributed by atoms with E-state index in [-0.39, 0.29) is 5.91 Å². The summed E-state index contributed by atoms with van der Waals surface area (Å²) >= 11 is 0. The molecule has 2 N–H and O–H groups in total. The molecular formula is C14H22N2O4. The lowest BCUT2D eigenvalue weighted by molar-refractivity contribution is -0.120. The Balaban J connectivity index is 2.77. The molecule has 0 aromatic heterocycles. The van der Waals surface area contributed by atoms with Gasteiger partial charge < -0.3 is 24.8 Å². The molecule has 112 valence electrons. The summed E-state index contributed by atoms with van der Waals surface area (Å²) in [7, 11) is 6.46. The second kappa shape index (κ2) is 8.27. The monoisotopic (exact) mass is 282 g/mol. The van der Waals surface area contributed by atoms with E-state index in [0.29, 0.717) is 36.8 Å². The molecule has 0 fully saturated rings. The number of rotatable bonds is 8. The van der Waals surface area contributed by atoms with Gasteiger partial charge in [0.1, 0.15) is 0 Å². The molecule has 0 aliphatic rings. The number of hydrogen-bond acceptors (Lipinski definition) is 5. The lowest BCUT2D eigenvalue weighted by Crippen LogP contribution is -2.33. The van der Waals surface area contributed by atoms with Crippen LogP contribution in [0.1, 0.15) is 5.56 Å². The van der Waals surface area contributed by atoms with E-state index >= 15 is 0 Å². The fourth-order valence-corrected chi connectivity index (χ4v) is 1.92. The van der Waals surface area contributed by atoms with Gasteiger partial charge >= 0.3 is 0 Å². The molecule has 0 bridgehead atoms. The molecule has 1 aromatic rings. The molecule has 0 aliphatic heterocycles. The van der Waals surface area contributed by atoms with Crippen LogP contribution in [0.2, 0.25) is 0 Å². The first-order chi connectivity index (χ1) is 9.67. The summed E-state index contributed by atoms with van der Waals surface area (Å²) in [6.07, 6.45) is 0.652. The maximum absolute atomic E-state index is 11.4. The summed E-state index contributed by atoms with van der Waals surface area (Å²) in [4.78, 5) is 11.4. The summed E-state index contributed by atoms with van der Waals surface area (Å²) < 4.78 is 15.9. The first-order valence-electron chi connectivity index (χ1n) is 6.37. The van der Waals surface area contributed by atoms with Gasteiger partial charge in [-0.1, -0.05) is 6.07 Å². The van der Waals surface area contributed by atoms with Crippen molar-refractivity contribution in [3.05, 3.63) is 17.7 Å². The Morgan fingerprint density at radius 2 is 1.80 bits per heavy atom. The van der Waals surface area contributed by atoms with Gasteiger partial charge in [-0.05, 0) is 19.5 Å². The SMILES string of the molecule is CNCC(=O)NCCc1ccc(OC)c(OC)c1OC. The number of benzene rings is 1. The number of carbonyl (C=O) groups excluding carboxylic acids is 1. The van der Waals surface area contributed by atoms with Gasteiger partial charge in [0, 0.05) is 12.1 Å². The topological polar surface area (TPSA) is 68.8 Å². The molecule has 6 heteroatoms. The standard InChI is InChI=1S/C14H22N2O4/c1-15-9-12(17)16-8-7-10-5-6-11(18-2)14(20-4)13(10)19-3/h5-6,15H,7-9H2,1-4H3,(H,16,17). The van der Waals surface area contributed by atoms with Crippen LogP contribution in [-0.2, 0) is 11.2 Å². The molecule has 6 nitrogen and oxygen atoms in total. The van der Waals surface area contributed by atoms with Gasteiger partial charge in [-0.25, -0.2) is 0 Å². The van der Waals surface area contributed by atoms with Crippen LogP contribution in [0.3, 0.4) is 0 Å². The van der Waals surface area contributed by atoms with Crippen molar-refractivity contribution in [3.8, 4) is 17.2 Å². The quantitative estimate of drug-likeness (QED) is 0.730.